The van der Waals surface area contributed by atoms with E-state index in [0.29, 0.717) is 23.9 Å². The number of nitrogens with one attached hydrogen (secondary N) is 1. The predicted octanol–water partition coefficient (Wildman–Crippen LogP) is 7.48. The van der Waals surface area contributed by atoms with Crippen LogP contribution in [0.1, 0.15) is 71.5 Å². The fourth-order valence-corrected chi connectivity index (χ4v) is 5.44. The lowest BCUT2D eigenvalue weighted by molar-refractivity contribution is -0.191. The number of hydrogen-bond donors (Lipinski definition) is 1. The van der Waals surface area contributed by atoms with Crippen molar-refractivity contribution in [1.82, 2.24) is 14.9 Å². The fraction of sp³-hybridized carbons (Fsp3) is 0.250. The summed E-state index contributed by atoms with van der Waals surface area (Å²) >= 11 is 0. The minimum atomic E-state index is -0.0265. The Morgan fingerprint density at radius 2 is 1.55 bits per heavy atom. The molecule has 6 rings (SSSR count). The molecule has 42 heavy (non-hydrogen) atoms. The molecule has 6 nitrogen and oxygen atoms in total. The van der Waals surface area contributed by atoms with Crippen LogP contribution in [0.3, 0.4) is 0 Å². The van der Waals surface area contributed by atoms with Gasteiger partial charge in [0.1, 0.15) is 5.82 Å². The van der Waals surface area contributed by atoms with Crippen molar-refractivity contribution in [1.29, 1.82) is 0 Å². The van der Waals surface area contributed by atoms with Crippen molar-refractivity contribution in [2.45, 2.75) is 52.1 Å². The first kappa shape index (κ1) is 28.7. The first-order valence-corrected chi connectivity index (χ1v) is 14.4. The molecule has 6 heteroatoms. The number of amides is 1. The molecule has 0 unspecified atom stereocenters. The lowest BCUT2D eigenvalue weighted by Gasteiger charge is -2.20. The van der Waals surface area contributed by atoms with E-state index in [1.165, 1.54) is 27.8 Å². The SMILES string of the molecule is Cc1nc2ccc(C(=O)N[C@H](c3cccc(C(C)C)c3)C3CC3)cc2n1Cc1ccc(-c2ccccc2)cc1.O=C=O. The Labute approximate surface area is 246 Å². The summed E-state index contributed by atoms with van der Waals surface area (Å²) in [5, 5.41) is 3.37. The van der Waals surface area contributed by atoms with Gasteiger partial charge in [0, 0.05) is 12.1 Å². The number of fused-ring (bicyclic) bond motifs is 1. The van der Waals surface area contributed by atoms with Crippen LogP contribution >= 0.6 is 0 Å². The van der Waals surface area contributed by atoms with Gasteiger partial charge in [-0.05, 0) is 77.6 Å². The van der Waals surface area contributed by atoms with E-state index in [-0.39, 0.29) is 18.1 Å². The summed E-state index contributed by atoms with van der Waals surface area (Å²) in [6.45, 7) is 7.15. The maximum Gasteiger partial charge on any atom is 0.373 e. The van der Waals surface area contributed by atoms with Crippen LogP contribution in [0.4, 0.5) is 0 Å². The van der Waals surface area contributed by atoms with E-state index < -0.39 is 0 Å². The standard InChI is InChI=1S/C35H35N3O.CO2/c1-23(2)29-10-7-11-30(20-29)34(28-16-17-28)37-35(39)31-18-19-32-33(21-31)38(24(3)36-32)22-25-12-14-27(15-13-25)26-8-5-4-6-9-26;2-1-3/h4-15,18-21,23,28,34H,16-17,22H2,1-3H3,(H,37,39);/t34-;/m0./s1. The van der Waals surface area contributed by atoms with Crippen LogP contribution in [-0.2, 0) is 16.1 Å². The van der Waals surface area contributed by atoms with Gasteiger partial charge in [0.15, 0.2) is 0 Å². The summed E-state index contributed by atoms with van der Waals surface area (Å²) in [5.41, 5.74) is 8.70. The predicted molar refractivity (Wildman–Crippen MR) is 164 cm³/mol. The second-order valence-electron chi connectivity index (χ2n) is 11.2. The molecule has 5 aromatic rings. The third-order valence-corrected chi connectivity index (χ3v) is 7.92. The van der Waals surface area contributed by atoms with Gasteiger partial charge in [-0.2, -0.15) is 9.59 Å². The third-order valence-electron chi connectivity index (χ3n) is 7.92. The zero-order valence-electron chi connectivity index (χ0n) is 24.2. The zero-order chi connectivity index (χ0) is 29.6. The van der Waals surface area contributed by atoms with Crippen molar-refractivity contribution < 1.29 is 14.4 Å². The van der Waals surface area contributed by atoms with Gasteiger partial charge >= 0.3 is 6.15 Å². The quantitative estimate of drug-likeness (QED) is 0.214. The van der Waals surface area contributed by atoms with Crippen molar-refractivity contribution in [2.75, 3.05) is 0 Å². The molecule has 1 saturated carbocycles. The van der Waals surface area contributed by atoms with Crippen molar-refractivity contribution >= 4 is 23.1 Å². The molecule has 212 valence electrons. The summed E-state index contributed by atoms with van der Waals surface area (Å²) < 4.78 is 2.20. The van der Waals surface area contributed by atoms with Crippen molar-refractivity contribution in [3.8, 4) is 11.1 Å². The number of imidazole rings is 1. The first-order chi connectivity index (χ1) is 20.4. The number of carbonyl (C=O) groups is 1. The number of nitrogens with zero attached hydrogens (tertiary/aromatic N) is 2. The van der Waals surface area contributed by atoms with E-state index in [9.17, 15) is 4.79 Å². The van der Waals surface area contributed by atoms with E-state index in [4.69, 9.17) is 14.6 Å². The van der Waals surface area contributed by atoms with E-state index in [1.54, 1.807) is 0 Å². The Kier molecular flexibility index (Phi) is 8.75. The number of aromatic nitrogens is 2. The molecule has 1 N–H and O–H groups in total. The minimum Gasteiger partial charge on any atom is -0.345 e. The maximum atomic E-state index is 13.5. The highest BCUT2D eigenvalue weighted by Gasteiger charge is 2.34. The van der Waals surface area contributed by atoms with Gasteiger partial charge in [-0.15, -0.1) is 0 Å². The second-order valence-corrected chi connectivity index (χ2v) is 11.2. The Balaban J connectivity index is 0.00000113. The highest BCUT2D eigenvalue weighted by atomic mass is 16.2. The van der Waals surface area contributed by atoms with E-state index in [0.717, 1.165) is 29.7 Å². The van der Waals surface area contributed by atoms with Crippen LogP contribution in [0, 0.1) is 12.8 Å². The first-order valence-electron chi connectivity index (χ1n) is 14.4. The molecule has 0 bridgehead atoms. The van der Waals surface area contributed by atoms with Gasteiger partial charge in [0.25, 0.3) is 5.91 Å². The van der Waals surface area contributed by atoms with Crippen LogP contribution in [0.5, 0.6) is 0 Å². The Morgan fingerprint density at radius 1 is 0.881 bits per heavy atom. The van der Waals surface area contributed by atoms with Crippen LogP contribution < -0.4 is 5.32 Å². The molecule has 0 saturated heterocycles. The molecule has 0 aliphatic heterocycles. The number of aryl methyl sites for hydroxylation is 1. The van der Waals surface area contributed by atoms with E-state index in [2.05, 4.69) is 96.5 Å². The molecule has 0 spiro atoms. The minimum absolute atomic E-state index is 0.0265. The molecule has 4 aromatic carbocycles. The average molecular weight is 558 g/mol. The van der Waals surface area contributed by atoms with Crippen molar-refractivity contribution in [3.05, 3.63) is 125 Å². The molecule has 1 amide bonds. The smallest absolute Gasteiger partial charge is 0.345 e. The van der Waals surface area contributed by atoms with Gasteiger partial charge in [-0.25, -0.2) is 4.98 Å². The summed E-state index contributed by atoms with van der Waals surface area (Å²) in [6, 6.07) is 33.7. The van der Waals surface area contributed by atoms with Crippen LogP contribution in [0.25, 0.3) is 22.2 Å². The molecule has 1 atom stereocenters. The lowest BCUT2D eigenvalue weighted by atomic mass is 9.95. The van der Waals surface area contributed by atoms with Gasteiger partial charge in [-0.1, -0.05) is 92.7 Å². The molecule has 1 aliphatic carbocycles. The van der Waals surface area contributed by atoms with Crippen molar-refractivity contribution in [3.63, 3.8) is 0 Å². The number of rotatable bonds is 8. The molecule has 1 heterocycles. The van der Waals surface area contributed by atoms with Crippen LogP contribution in [0.15, 0.2) is 97.1 Å². The Morgan fingerprint density at radius 3 is 2.21 bits per heavy atom. The van der Waals surface area contributed by atoms with Gasteiger partial charge in [0.2, 0.25) is 0 Å². The Hall–Kier alpha value is -4.80. The second kappa shape index (κ2) is 12.8. The monoisotopic (exact) mass is 557 g/mol. The van der Waals surface area contributed by atoms with E-state index in [1.807, 2.05) is 31.2 Å². The van der Waals surface area contributed by atoms with Crippen LogP contribution in [0.2, 0.25) is 0 Å². The summed E-state index contributed by atoms with van der Waals surface area (Å²) in [6.07, 6.45) is 2.57. The number of carbonyl (C=O) groups excluding carboxylic acids is 3. The Bertz CT molecular complexity index is 1710. The van der Waals surface area contributed by atoms with Gasteiger partial charge < -0.3 is 9.88 Å². The summed E-state index contributed by atoms with van der Waals surface area (Å²) in [7, 11) is 0. The summed E-state index contributed by atoms with van der Waals surface area (Å²) in [4.78, 5) is 34.6. The largest absolute Gasteiger partial charge is 0.373 e. The lowest BCUT2D eigenvalue weighted by Crippen LogP contribution is -2.30. The van der Waals surface area contributed by atoms with E-state index >= 15 is 0 Å². The molecule has 1 aliphatic rings. The molecule has 0 radical (unpaired) electrons. The molecule has 1 fully saturated rings. The van der Waals surface area contributed by atoms with Crippen molar-refractivity contribution in [2.24, 2.45) is 5.92 Å². The summed E-state index contributed by atoms with van der Waals surface area (Å²) in [5.74, 6) is 1.88. The molecular weight excluding hydrogens is 522 g/mol. The average Bonchev–Trinajstić information content (AvgIpc) is 3.80. The topological polar surface area (TPSA) is 81.1 Å². The fourth-order valence-electron chi connectivity index (χ4n) is 5.44. The van der Waals surface area contributed by atoms with Gasteiger partial charge in [-0.3, -0.25) is 4.79 Å². The highest BCUT2D eigenvalue weighted by Crippen LogP contribution is 2.41. The maximum absolute atomic E-state index is 13.5. The third kappa shape index (κ3) is 6.56. The number of hydrogen-bond acceptors (Lipinski definition) is 4. The van der Waals surface area contributed by atoms with Gasteiger partial charge in [0.05, 0.1) is 17.1 Å². The number of benzene rings is 4. The zero-order valence-corrected chi connectivity index (χ0v) is 24.2. The molecule has 1 aromatic heterocycles. The normalized spacial score (nSPS) is 13.2. The molecular formula is C36H35N3O3. The highest BCUT2D eigenvalue weighted by molar-refractivity contribution is 5.97. The van der Waals surface area contributed by atoms with Crippen LogP contribution in [-0.4, -0.2) is 21.6 Å².